The molecule has 3 aliphatic rings. The first-order valence-electron chi connectivity index (χ1n) is 10.6. The summed E-state index contributed by atoms with van der Waals surface area (Å²) in [5.41, 5.74) is 8.13. The molecular formula is C18H31N5O7S. The van der Waals surface area contributed by atoms with Crippen LogP contribution >= 0.6 is 0 Å². The molecule has 2 saturated carbocycles. The summed E-state index contributed by atoms with van der Waals surface area (Å²) in [5.74, 6) is 0.935. The summed E-state index contributed by atoms with van der Waals surface area (Å²) in [6.07, 6.45) is 4.48. The molecule has 4 unspecified atom stereocenters. The molecule has 4 N–H and O–H groups in total. The van der Waals surface area contributed by atoms with Crippen molar-refractivity contribution in [1.82, 2.24) is 21.3 Å². The molecule has 5 atom stereocenters. The Bertz CT molecular complexity index is 835. The third-order valence-corrected chi connectivity index (χ3v) is 7.00. The van der Waals surface area contributed by atoms with Crippen molar-refractivity contribution in [1.29, 1.82) is 0 Å². The minimum absolute atomic E-state index is 0.0412. The molecule has 2 bridgehead atoms. The third kappa shape index (κ3) is 4.94. The molecule has 1 aliphatic heterocycles. The van der Waals surface area contributed by atoms with E-state index in [9.17, 15) is 18.0 Å². The fraction of sp³-hybridized carbons (Fsp3) is 0.833. The Morgan fingerprint density at radius 2 is 2.10 bits per heavy atom. The Balaban J connectivity index is 1.55. The molecule has 0 aromatic heterocycles. The van der Waals surface area contributed by atoms with Crippen LogP contribution in [0.4, 0.5) is 4.79 Å². The molecule has 0 spiro atoms. The molecule has 0 aromatic carbocycles. The number of nitrogens with one attached hydrogen (secondary N) is 3. The van der Waals surface area contributed by atoms with E-state index in [2.05, 4.69) is 27.2 Å². The number of rotatable bonds is 10. The van der Waals surface area contributed by atoms with Crippen LogP contribution in [0, 0.1) is 17.8 Å². The lowest BCUT2D eigenvalue weighted by atomic mass is 9.73. The van der Waals surface area contributed by atoms with Crippen LogP contribution in [0.25, 0.3) is 0 Å². The maximum absolute atomic E-state index is 12.7. The van der Waals surface area contributed by atoms with Crippen LogP contribution in [0.5, 0.6) is 0 Å². The van der Waals surface area contributed by atoms with E-state index in [1.807, 2.05) is 6.92 Å². The van der Waals surface area contributed by atoms with E-state index in [4.69, 9.17) is 9.39 Å². The summed E-state index contributed by atoms with van der Waals surface area (Å²) < 4.78 is 33.9. The number of likely N-dealkylation sites (N-methyl/N-ethyl adjacent to an activating group) is 1. The van der Waals surface area contributed by atoms with Gasteiger partial charge in [0.25, 0.3) is 5.91 Å². The Kier molecular flexibility index (Phi) is 7.08. The highest BCUT2D eigenvalue weighted by atomic mass is 32.3. The van der Waals surface area contributed by atoms with Crippen molar-refractivity contribution in [2.45, 2.75) is 64.5 Å². The highest BCUT2D eigenvalue weighted by Crippen LogP contribution is 2.56. The van der Waals surface area contributed by atoms with Crippen LogP contribution in [0.3, 0.4) is 0 Å². The van der Waals surface area contributed by atoms with Crippen molar-refractivity contribution in [3.8, 4) is 0 Å². The summed E-state index contributed by atoms with van der Waals surface area (Å²) in [6.45, 7) is 5.90. The summed E-state index contributed by atoms with van der Waals surface area (Å²) in [7, 11) is -4.86. The number of hydrogen-bond donors (Lipinski definition) is 4. The number of carbonyl (C=O) groups is 2. The summed E-state index contributed by atoms with van der Waals surface area (Å²) >= 11 is 0. The van der Waals surface area contributed by atoms with E-state index in [1.165, 1.54) is 19.3 Å². The van der Waals surface area contributed by atoms with Gasteiger partial charge in [-0.2, -0.15) is 19.0 Å². The molecule has 0 radical (unpaired) electrons. The van der Waals surface area contributed by atoms with E-state index in [1.54, 1.807) is 12.4 Å². The van der Waals surface area contributed by atoms with Crippen LogP contribution < -0.4 is 16.4 Å². The zero-order valence-electron chi connectivity index (χ0n) is 18.0. The Hall–Kier alpha value is -1.96. The normalized spacial score (nSPS) is 29.7. The van der Waals surface area contributed by atoms with Crippen molar-refractivity contribution < 1.29 is 31.7 Å². The minimum atomic E-state index is -4.86. The third-order valence-electron chi connectivity index (χ3n) is 6.71. The quantitative estimate of drug-likeness (QED) is 0.274. The van der Waals surface area contributed by atoms with Gasteiger partial charge in [0.15, 0.2) is 0 Å². The fourth-order valence-electron chi connectivity index (χ4n) is 5.37. The molecule has 13 heteroatoms. The topological polar surface area (TPSA) is 159 Å². The number of hydrogen-bond acceptors (Lipinski definition) is 8. The molecule has 12 nitrogen and oxygen atoms in total. The number of nitrogens with zero attached hydrogens (tertiary/aromatic N) is 2. The molecule has 2 aliphatic carbocycles. The monoisotopic (exact) mass is 461 g/mol. The number of amides is 3. The van der Waals surface area contributed by atoms with Gasteiger partial charge in [-0.3, -0.25) is 14.2 Å². The largest absolute Gasteiger partial charge is 0.418 e. The molecular weight excluding hydrogens is 430 g/mol. The predicted molar refractivity (Wildman–Crippen MR) is 110 cm³/mol. The number of hydroxylamine groups is 2. The van der Waals surface area contributed by atoms with Gasteiger partial charge < -0.3 is 10.3 Å². The Morgan fingerprint density at radius 3 is 2.74 bits per heavy atom. The standard InChI is InChI=1S/C18H31N5O7S/c1-4-6-14(23(5-2)17(25)21-30-31(26,27)28)16(24)20-29-10-13-15-11-7-8-12(9-11)18(15,3)22-19-13/h11-12,14-15,22H,4-10H2,1-3H3,(H,20,24)(H,21,25)(H,26,27,28)/t11?,12?,14-,15?,18?/m0/s1. The second-order valence-electron chi connectivity index (χ2n) is 8.51. The first-order chi connectivity index (χ1) is 14.6. The zero-order chi connectivity index (χ0) is 22.8. The number of urea groups is 1. The highest BCUT2D eigenvalue weighted by Gasteiger charge is 2.59. The van der Waals surface area contributed by atoms with Gasteiger partial charge in [-0.15, -0.1) is 4.28 Å². The zero-order valence-corrected chi connectivity index (χ0v) is 18.8. The van der Waals surface area contributed by atoms with Crippen LogP contribution in [0.1, 0.15) is 52.9 Å². The Morgan fingerprint density at radius 1 is 1.35 bits per heavy atom. The van der Waals surface area contributed by atoms with E-state index in [-0.39, 0.29) is 18.7 Å². The van der Waals surface area contributed by atoms with Gasteiger partial charge in [-0.1, -0.05) is 13.3 Å². The SMILES string of the molecule is CCC[C@@H](C(=O)NOCC1=NNC2(C)C3CCC(C3)C12)N(CC)C(=O)NOS(=O)(=O)O. The molecule has 0 saturated heterocycles. The van der Waals surface area contributed by atoms with Gasteiger partial charge in [0.05, 0.1) is 11.3 Å². The molecule has 3 amide bonds. The van der Waals surface area contributed by atoms with Crippen LogP contribution in [-0.4, -0.2) is 60.3 Å². The second-order valence-corrected chi connectivity index (χ2v) is 9.53. The molecule has 31 heavy (non-hydrogen) atoms. The highest BCUT2D eigenvalue weighted by molar-refractivity contribution is 7.80. The average Bonchev–Trinajstić information content (AvgIpc) is 3.38. The maximum Gasteiger partial charge on any atom is 0.418 e. The van der Waals surface area contributed by atoms with Crippen molar-refractivity contribution in [3.63, 3.8) is 0 Å². The lowest BCUT2D eigenvalue weighted by molar-refractivity contribution is -0.137. The van der Waals surface area contributed by atoms with Gasteiger partial charge in [0.2, 0.25) is 0 Å². The van der Waals surface area contributed by atoms with Crippen LogP contribution in [-0.2, 0) is 24.3 Å². The van der Waals surface area contributed by atoms with Crippen molar-refractivity contribution in [2.75, 3.05) is 13.2 Å². The Labute approximate surface area is 181 Å². The summed E-state index contributed by atoms with van der Waals surface area (Å²) in [5, 5.41) is 4.46. The molecule has 176 valence electrons. The van der Waals surface area contributed by atoms with Gasteiger partial charge in [-0.05, 0) is 51.4 Å². The molecule has 0 aromatic rings. The second kappa shape index (κ2) is 9.27. The van der Waals surface area contributed by atoms with Gasteiger partial charge >= 0.3 is 16.4 Å². The van der Waals surface area contributed by atoms with Crippen molar-refractivity contribution in [3.05, 3.63) is 0 Å². The first-order valence-corrected chi connectivity index (χ1v) is 11.9. The summed E-state index contributed by atoms with van der Waals surface area (Å²) in [6, 6.07) is -1.90. The van der Waals surface area contributed by atoms with E-state index < -0.39 is 28.4 Å². The average molecular weight is 462 g/mol. The minimum Gasteiger partial charge on any atom is -0.311 e. The molecule has 3 rings (SSSR count). The van der Waals surface area contributed by atoms with Gasteiger partial charge in [0, 0.05) is 12.5 Å². The van der Waals surface area contributed by atoms with Gasteiger partial charge in [-0.25, -0.2) is 10.3 Å². The first kappa shape index (κ1) is 23.7. The lowest BCUT2D eigenvalue weighted by Gasteiger charge is -2.35. The van der Waals surface area contributed by atoms with Gasteiger partial charge in [0.1, 0.15) is 12.6 Å². The predicted octanol–water partition coefficient (Wildman–Crippen LogP) is 0.733. The van der Waals surface area contributed by atoms with E-state index in [0.29, 0.717) is 30.6 Å². The summed E-state index contributed by atoms with van der Waals surface area (Å²) in [4.78, 5) is 31.5. The van der Waals surface area contributed by atoms with Crippen LogP contribution in [0.2, 0.25) is 0 Å². The number of hydrazone groups is 1. The number of carbonyl (C=O) groups excluding carboxylic acids is 2. The fourth-order valence-corrected chi connectivity index (χ4v) is 5.55. The van der Waals surface area contributed by atoms with Crippen molar-refractivity contribution >= 4 is 28.0 Å². The maximum atomic E-state index is 12.7. The van der Waals surface area contributed by atoms with E-state index >= 15 is 0 Å². The van der Waals surface area contributed by atoms with E-state index in [0.717, 1.165) is 10.6 Å². The van der Waals surface area contributed by atoms with Crippen molar-refractivity contribution in [2.24, 2.45) is 22.9 Å². The smallest absolute Gasteiger partial charge is 0.311 e. The lowest BCUT2D eigenvalue weighted by Crippen LogP contribution is -2.53. The van der Waals surface area contributed by atoms with Crippen LogP contribution in [0.15, 0.2) is 5.10 Å². The number of fused-ring (bicyclic) bond motifs is 5. The molecule has 2 fully saturated rings. The molecule has 1 heterocycles.